The minimum atomic E-state index is -2.99. The molecule has 182 valence electrons. The van der Waals surface area contributed by atoms with Gasteiger partial charge >= 0.3 is 0 Å². The van der Waals surface area contributed by atoms with Crippen molar-refractivity contribution in [2.24, 2.45) is 5.92 Å². The van der Waals surface area contributed by atoms with Crippen LogP contribution in [-0.4, -0.2) is 49.7 Å². The second-order valence-electron chi connectivity index (χ2n) is 9.73. The maximum Gasteiger partial charge on any atom is 0.223 e. The third-order valence-corrected chi connectivity index (χ3v) is 8.13. The highest BCUT2D eigenvalue weighted by Gasteiger charge is 2.37. The summed E-state index contributed by atoms with van der Waals surface area (Å²) in [4.78, 5) is 13.1. The first kappa shape index (κ1) is 25.3. The predicted octanol–water partition coefficient (Wildman–Crippen LogP) is 3.59. The normalized spacial score (nSPS) is 22.0. The van der Waals surface area contributed by atoms with E-state index in [1.54, 1.807) is 0 Å². The molecule has 1 aromatic rings. The molecule has 3 N–H and O–H groups in total. The second-order valence-corrected chi connectivity index (χ2v) is 12.0. The highest BCUT2D eigenvalue weighted by atomic mass is 32.2. The van der Waals surface area contributed by atoms with Crippen LogP contribution in [0.4, 0.5) is 0 Å². The maximum atomic E-state index is 13.1. The first-order valence-electron chi connectivity index (χ1n) is 11.8. The number of allylic oxidation sites excluding steroid dienone is 2. The van der Waals surface area contributed by atoms with Crippen LogP contribution in [0.5, 0.6) is 5.75 Å². The Kier molecular flexibility index (Phi) is 7.88. The van der Waals surface area contributed by atoms with Gasteiger partial charge in [-0.25, -0.2) is 8.42 Å². The van der Waals surface area contributed by atoms with E-state index in [2.05, 4.69) is 24.5 Å². The van der Waals surface area contributed by atoms with Gasteiger partial charge in [-0.1, -0.05) is 12.1 Å². The summed E-state index contributed by atoms with van der Waals surface area (Å²) in [7, 11) is -2.99. The van der Waals surface area contributed by atoms with Crippen molar-refractivity contribution in [3.8, 4) is 5.75 Å². The zero-order chi connectivity index (χ0) is 24.2. The third-order valence-electron chi connectivity index (χ3n) is 6.48. The van der Waals surface area contributed by atoms with E-state index < -0.39 is 15.4 Å². The maximum absolute atomic E-state index is 13.1. The fourth-order valence-electron chi connectivity index (χ4n) is 4.53. The standard InChI is InChI=1S/C25H37N3O4S/c1-5-32-20-8-6-7-18(15-20)23(26)21-10-9-19(16-22(21)27-17(2)3)24(29)28-25(4)11-13-33(30,31)14-12-25/h6-8,15,17,19,26-27H,5,9-14,16H2,1-4H3,(H,28,29)/t19-/m1/s1. The van der Waals surface area contributed by atoms with E-state index in [0.29, 0.717) is 44.4 Å². The molecule has 1 atom stereocenters. The summed E-state index contributed by atoms with van der Waals surface area (Å²) in [5.41, 5.74) is 2.67. The van der Waals surface area contributed by atoms with Gasteiger partial charge in [-0.15, -0.1) is 0 Å². The first-order chi connectivity index (χ1) is 15.5. The van der Waals surface area contributed by atoms with E-state index in [9.17, 15) is 13.2 Å². The molecule has 0 radical (unpaired) electrons. The molecule has 0 saturated carbocycles. The summed E-state index contributed by atoms with van der Waals surface area (Å²) >= 11 is 0. The molecular weight excluding hydrogens is 438 g/mol. The van der Waals surface area contributed by atoms with Gasteiger partial charge in [0.25, 0.3) is 0 Å². The van der Waals surface area contributed by atoms with Crippen LogP contribution in [0.15, 0.2) is 35.5 Å². The van der Waals surface area contributed by atoms with Gasteiger partial charge in [0, 0.05) is 28.8 Å². The van der Waals surface area contributed by atoms with E-state index in [4.69, 9.17) is 10.1 Å². The van der Waals surface area contributed by atoms with Crippen LogP contribution < -0.4 is 15.4 Å². The molecule has 33 heavy (non-hydrogen) atoms. The van der Waals surface area contributed by atoms with Gasteiger partial charge in [-0.2, -0.15) is 0 Å². The number of carbonyl (C=O) groups excluding carboxylic acids is 1. The highest BCUT2D eigenvalue weighted by Crippen LogP contribution is 2.33. The number of nitrogens with one attached hydrogen (secondary N) is 3. The van der Waals surface area contributed by atoms with Crippen LogP contribution in [0.2, 0.25) is 0 Å². The Morgan fingerprint density at radius 2 is 1.97 bits per heavy atom. The molecule has 0 aromatic heterocycles. The van der Waals surface area contributed by atoms with Crippen molar-refractivity contribution in [1.82, 2.24) is 10.6 Å². The van der Waals surface area contributed by atoms with Crippen LogP contribution in [-0.2, 0) is 14.6 Å². The first-order valence-corrected chi connectivity index (χ1v) is 13.7. The van der Waals surface area contributed by atoms with Crippen LogP contribution in [0.1, 0.15) is 65.4 Å². The minimum absolute atomic E-state index is 0.0243. The number of sulfone groups is 1. The quantitative estimate of drug-likeness (QED) is 0.498. The number of amides is 1. The van der Waals surface area contributed by atoms with Crippen molar-refractivity contribution in [1.29, 1.82) is 5.41 Å². The molecule has 1 aliphatic heterocycles. The lowest BCUT2D eigenvalue weighted by Gasteiger charge is -2.37. The van der Waals surface area contributed by atoms with Crippen LogP contribution in [0, 0.1) is 11.3 Å². The van der Waals surface area contributed by atoms with E-state index in [1.165, 1.54) is 0 Å². The number of carbonyl (C=O) groups is 1. The van der Waals surface area contributed by atoms with Gasteiger partial charge in [-0.05, 0) is 77.5 Å². The Morgan fingerprint density at radius 3 is 2.61 bits per heavy atom. The van der Waals surface area contributed by atoms with Crippen molar-refractivity contribution in [3.63, 3.8) is 0 Å². The third kappa shape index (κ3) is 6.59. The average molecular weight is 476 g/mol. The molecule has 1 saturated heterocycles. The van der Waals surface area contributed by atoms with Crippen molar-refractivity contribution >= 4 is 21.5 Å². The summed E-state index contributed by atoms with van der Waals surface area (Å²) in [6.07, 6.45) is 2.74. The van der Waals surface area contributed by atoms with Gasteiger partial charge in [0.1, 0.15) is 15.6 Å². The minimum Gasteiger partial charge on any atom is -0.494 e. The Labute approximate surface area is 197 Å². The molecule has 0 unspecified atom stereocenters. The zero-order valence-electron chi connectivity index (χ0n) is 20.2. The summed E-state index contributed by atoms with van der Waals surface area (Å²) < 4.78 is 29.2. The van der Waals surface area contributed by atoms with Crippen molar-refractivity contribution in [2.45, 2.75) is 71.4 Å². The van der Waals surface area contributed by atoms with E-state index in [1.807, 2.05) is 38.1 Å². The molecule has 1 aromatic carbocycles. The molecule has 7 nitrogen and oxygen atoms in total. The van der Waals surface area contributed by atoms with Gasteiger partial charge in [0.15, 0.2) is 0 Å². The fourth-order valence-corrected chi connectivity index (χ4v) is 6.26. The molecule has 1 heterocycles. The van der Waals surface area contributed by atoms with Gasteiger partial charge in [-0.3, -0.25) is 10.2 Å². The van der Waals surface area contributed by atoms with Crippen molar-refractivity contribution < 1.29 is 17.9 Å². The second kappa shape index (κ2) is 10.3. The largest absolute Gasteiger partial charge is 0.494 e. The van der Waals surface area contributed by atoms with Crippen molar-refractivity contribution in [2.75, 3.05) is 18.1 Å². The Bertz CT molecular complexity index is 1020. The summed E-state index contributed by atoms with van der Waals surface area (Å²) in [6, 6.07) is 7.78. The molecule has 8 heteroatoms. The number of hydrogen-bond donors (Lipinski definition) is 3. The van der Waals surface area contributed by atoms with Gasteiger partial charge in [0.05, 0.1) is 23.8 Å². The molecule has 0 bridgehead atoms. The monoisotopic (exact) mass is 475 g/mol. The lowest BCUT2D eigenvalue weighted by molar-refractivity contribution is -0.127. The number of benzene rings is 1. The Morgan fingerprint density at radius 1 is 1.27 bits per heavy atom. The SMILES string of the molecule is CCOc1cccc(C(=N)C2=C(NC(C)C)C[C@H](C(=O)NC3(C)CCS(=O)(=O)CC3)CC2)c1. The molecule has 1 fully saturated rings. The van der Waals surface area contributed by atoms with Crippen LogP contribution in [0.3, 0.4) is 0 Å². The van der Waals surface area contributed by atoms with Gasteiger partial charge < -0.3 is 15.4 Å². The van der Waals surface area contributed by atoms with Gasteiger partial charge in [0.2, 0.25) is 5.91 Å². The molecule has 1 amide bonds. The molecule has 1 aliphatic carbocycles. The smallest absolute Gasteiger partial charge is 0.223 e. The van der Waals surface area contributed by atoms with E-state index in [0.717, 1.165) is 22.6 Å². The topological polar surface area (TPSA) is 108 Å². The lowest BCUT2D eigenvalue weighted by atomic mass is 9.82. The van der Waals surface area contributed by atoms with E-state index >= 15 is 0 Å². The molecule has 2 aliphatic rings. The summed E-state index contributed by atoms with van der Waals surface area (Å²) in [5, 5.41) is 15.5. The Hall–Kier alpha value is -2.35. The van der Waals surface area contributed by atoms with Crippen LogP contribution in [0.25, 0.3) is 0 Å². The molecule has 0 spiro atoms. The number of hydrogen-bond acceptors (Lipinski definition) is 6. The van der Waals surface area contributed by atoms with Crippen molar-refractivity contribution in [3.05, 3.63) is 41.1 Å². The lowest BCUT2D eigenvalue weighted by Crippen LogP contribution is -2.53. The van der Waals surface area contributed by atoms with Crippen LogP contribution >= 0.6 is 0 Å². The predicted molar refractivity (Wildman–Crippen MR) is 132 cm³/mol. The Balaban J connectivity index is 1.76. The molecular formula is C25H37N3O4S. The fraction of sp³-hybridized carbons (Fsp3) is 0.600. The number of rotatable bonds is 8. The highest BCUT2D eigenvalue weighted by molar-refractivity contribution is 7.91. The average Bonchev–Trinajstić information content (AvgIpc) is 2.76. The zero-order valence-corrected chi connectivity index (χ0v) is 21.0. The number of ether oxygens (including phenoxy) is 1. The van der Waals surface area contributed by atoms with E-state index in [-0.39, 0.29) is 29.4 Å². The summed E-state index contributed by atoms with van der Waals surface area (Å²) in [6.45, 7) is 8.55. The molecule has 3 rings (SSSR count). The summed E-state index contributed by atoms with van der Waals surface area (Å²) in [5.74, 6) is 0.763.